The van der Waals surface area contributed by atoms with Gasteiger partial charge >= 0.3 is 0 Å². The van der Waals surface area contributed by atoms with E-state index in [2.05, 4.69) is 74.6 Å². The third-order valence-corrected chi connectivity index (χ3v) is 4.59. The predicted molar refractivity (Wildman–Crippen MR) is 93.9 cm³/mol. The lowest BCUT2D eigenvalue weighted by Gasteiger charge is -2.08. The Morgan fingerprint density at radius 2 is 1.76 bits per heavy atom. The van der Waals surface area contributed by atoms with Crippen molar-refractivity contribution in [1.29, 1.82) is 0 Å². The molecule has 0 saturated heterocycles. The first-order chi connectivity index (χ1) is 10.2. The summed E-state index contributed by atoms with van der Waals surface area (Å²) in [5.74, 6) is 1.64. The quantitative estimate of drug-likeness (QED) is 0.704. The van der Waals surface area contributed by atoms with Crippen LogP contribution in [-0.4, -0.2) is 6.54 Å². The fourth-order valence-electron chi connectivity index (χ4n) is 2.18. The first-order valence-electron chi connectivity index (χ1n) is 7.70. The number of thioether (sulfide) groups is 1. The molecular weight excluding hydrogens is 274 g/mol. The summed E-state index contributed by atoms with van der Waals surface area (Å²) in [4.78, 5) is 1.35. The minimum Gasteiger partial charge on any atom is -0.313 e. The van der Waals surface area contributed by atoms with Crippen LogP contribution in [0.25, 0.3) is 0 Å². The van der Waals surface area contributed by atoms with Gasteiger partial charge in [0.25, 0.3) is 0 Å². The molecule has 0 aromatic heterocycles. The molecule has 0 aliphatic carbocycles. The largest absolute Gasteiger partial charge is 0.313 e. The number of hydrogen-bond donors (Lipinski definition) is 1. The summed E-state index contributed by atoms with van der Waals surface area (Å²) in [6, 6.07) is 17.8. The molecule has 0 radical (unpaired) electrons. The highest BCUT2D eigenvalue weighted by atomic mass is 32.2. The van der Waals surface area contributed by atoms with E-state index in [9.17, 15) is 0 Å². The molecule has 0 fully saturated rings. The van der Waals surface area contributed by atoms with Crippen LogP contribution in [0.15, 0.2) is 53.4 Å². The molecule has 0 atom stereocenters. The summed E-state index contributed by atoms with van der Waals surface area (Å²) in [6.07, 6.45) is 0. The minimum atomic E-state index is 0.606. The topological polar surface area (TPSA) is 12.0 Å². The zero-order valence-corrected chi connectivity index (χ0v) is 14.0. The van der Waals surface area contributed by atoms with E-state index < -0.39 is 0 Å². The van der Waals surface area contributed by atoms with Gasteiger partial charge in [0, 0.05) is 17.2 Å². The van der Waals surface area contributed by atoms with Gasteiger partial charge in [-0.15, -0.1) is 11.8 Å². The fourth-order valence-corrected chi connectivity index (χ4v) is 3.12. The van der Waals surface area contributed by atoms with E-state index in [0.717, 1.165) is 18.8 Å². The van der Waals surface area contributed by atoms with E-state index in [1.54, 1.807) is 0 Å². The monoisotopic (exact) mass is 299 g/mol. The maximum absolute atomic E-state index is 3.37. The van der Waals surface area contributed by atoms with Crippen LogP contribution in [0.1, 0.15) is 43.4 Å². The molecule has 1 nitrogen and oxygen atoms in total. The van der Waals surface area contributed by atoms with Crippen molar-refractivity contribution in [2.75, 3.05) is 6.54 Å². The predicted octanol–water partition coefficient (Wildman–Crippen LogP) is 5.21. The molecule has 2 aromatic rings. The van der Waals surface area contributed by atoms with Crippen LogP contribution in [0.5, 0.6) is 0 Å². The van der Waals surface area contributed by atoms with Gasteiger partial charge in [0.15, 0.2) is 0 Å². The first-order valence-corrected chi connectivity index (χ1v) is 8.69. The number of hydrogen-bond acceptors (Lipinski definition) is 2. The lowest BCUT2D eigenvalue weighted by molar-refractivity contribution is 0.725. The molecule has 1 N–H and O–H groups in total. The standard InChI is InChI=1S/C19H25NS/c1-4-20-13-17-6-5-7-19(12-17)21-14-16-8-10-18(11-9-16)15(2)3/h5-12,15,20H,4,13-14H2,1-3H3. The van der Waals surface area contributed by atoms with E-state index in [4.69, 9.17) is 0 Å². The third-order valence-electron chi connectivity index (χ3n) is 3.53. The van der Waals surface area contributed by atoms with Crippen molar-refractivity contribution in [2.24, 2.45) is 0 Å². The molecule has 0 saturated carbocycles. The summed E-state index contributed by atoms with van der Waals surface area (Å²) in [5, 5.41) is 3.37. The Morgan fingerprint density at radius 1 is 1.00 bits per heavy atom. The number of rotatable bonds is 7. The maximum atomic E-state index is 3.37. The second kappa shape index (κ2) is 8.26. The van der Waals surface area contributed by atoms with Crippen molar-refractivity contribution in [1.82, 2.24) is 5.32 Å². The zero-order chi connectivity index (χ0) is 15.1. The molecular formula is C19H25NS. The van der Waals surface area contributed by atoms with Gasteiger partial charge in [-0.2, -0.15) is 0 Å². The summed E-state index contributed by atoms with van der Waals surface area (Å²) in [5.41, 5.74) is 4.16. The van der Waals surface area contributed by atoms with Crippen molar-refractivity contribution < 1.29 is 0 Å². The Balaban J connectivity index is 1.93. The van der Waals surface area contributed by atoms with Crippen LogP contribution in [0, 0.1) is 0 Å². The van der Waals surface area contributed by atoms with Gasteiger partial charge in [-0.1, -0.05) is 57.2 Å². The van der Waals surface area contributed by atoms with E-state index in [1.165, 1.54) is 21.6 Å². The molecule has 0 unspecified atom stereocenters. The molecule has 112 valence electrons. The van der Waals surface area contributed by atoms with Crippen LogP contribution in [0.3, 0.4) is 0 Å². The van der Waals surface area contributed by atoms with Crippen molar-refractivity contribution >= 4 is 11.8 Å². The van der Waals surface area contributed by atoms with E-state index >= 15 is 0 Å². The summed E-state index contributed by atoms with van der Waals surface area (Å²) >= 11 is 1.91. The van der Waals surface area contributed by atoms with Gasteiger partial charge in [0.2, 0.25) is 0 Å². The van der Waals surface area contributed by atoms with E-state index in [1.807, 2.05) is 11.8 Å². The van der Waals surface area contributed by atoms with Crippen LogP contribution in [0.2, 0.25) is 0 Å². The zero-order valence-electron chi connectivity index (χ0n) is 13.2. The SMILES string of the molecule is CCNCc1cccc(SCc2ccc(C(C)C)cc2)c1. The highest BCUT2D eigenvalue weighted by Gasteiger charge is 2.01. The molecule has 0 spiro atoms. The lowest BCUT2D eigenvalue weighted by atomic mass is 10.0. The Kier molecular flexibility index (Phi) is 6.34. The van der Waals surface area contributed by atoms with Gasteiger partial charge < -0.3 is 5.32 Å². The van der Waals surface area contributed by atoms with E-state index in [-0.39, 0.29) is 0 Å². The van der Waals surface area contributed by atoms with E-state index in [0.29, 0.717) is 5.92 Å². The van der Waals surface area contributed by atoms with Crippen LogP contribution < -0.4 is 5.32 Å². The highest BCUT2D eigenvalue weighted by Crippen LogP contribution is 2.24. The van der Waals surface area contributed by atoms with Crippen molar-refractivity contribution in [3.63, 3.8) is 0 Å². The highest BCUT2D eigenvalue weighted by molar-refractivity contribution is 7.98. The summed E-state index contributed by atoms with van der Waals surface area (Å²) in [7, 11) is 0. The lowest BCUT2D eigenvalue weighted by Crippen LogP contribution is -2.11. The van der Waals surface area contributed by atoms with Crippen LogP contribution in [-0.2, 0) is 12.3 Å². The Hall–Kier alpha value is -1.25. The van der Waals surface area contributed by atoms with Gasteiger partial charge in [-0.25, -0.2) is 0 Å². The Bertz CT molecular complexity index is 546. The van der Waals surface area contributed by atoms with Gasteiger partial charge in [-0.05, 0) is 41.3 Å². The molecule has 0 bridgehead atoms. The van der Waals surface area contributed by atoms with Crippen molar-refractivity contribution in [3.8, 4) is 0 Å². The second-order valence-electron chi connectivity index (χ2n) is 5.61. The van der Waals surface area contributed by atoms with Crippen LogP contribution >= 0.6 is 11.8 Å². The normalized spacial score (nSPS) is 11.0. The second-order valence-corrected chi connectivity index (χ2v) is 6.66. The number of nitrogens with one attached hydrogen (secondary N) is 1. The number of benzene rings is 2. The van der Waals surface area contributed by atoms with Crippen molar-refractivity contribution in [3.05, 3.63) is 65.2 Å². The fraction of sp³-hybridized carbons (Fsp3) is 0.368. The average molecular weight is 299 g/mol. The smallest absolute Gasteiger partial charge is 0.0231 e. The third kappa shape index (κ3) is 5.22. The average Bonchev–Trinajstić information content (AvgIpc) is 2.52. The maximum Gasteiger partial charge on any atom is 0.0231 e. The molecule has 21 heavy (non-hydrogen) atoms. The summed E-state index contributed by atoms with van der Waals surface area (Å²) in [6.45, 7) is 8.58. The molecule has 0 aliphatic heterocycles. The molecule has 2 aromatic carbocycles. The van der Waals surface area contributed by atoms with Crippen molar-refractivity contribution in [2.45, 2.75) is 43.9 Å². The molecule has 0 aliphatic rings. The van der Waals surface area contributed by atoms with Gasteiger partial charge in [0.1, 0.15) is 0 Å². The molecule has 2 heteroatoms. The Labute approximate surface area is 133 Å². The first kappa shape index (κ1) is 16.1. The van der Waals surface area contributed by atoms with Crippen LogP contribution in [0.4, 0.5) is 0 Å². The molecule has 0 heterocycles. The minimum absolute atomic E-state index is 0.606. The van der Waals surface area contributed by atoms with Gasteiger partial charge in [0.05, 0.1) is 0 Å². The molecule has 0 amide bonds. The molecule has 2 rings (SSSR count). The van der Waals surface area contributed by atoms with Gasteiger partial charge in [-0.3, -0.25) is 0 Å². The summed E-state index contributed by atoms with van der Waals surface area (Å²) < 4.78 is 0. The Morgan fingerprint density at radius 3 is 2.43 bits per heavy atom.